The number of hydrogen-bond donors (Lipinski definition) is 0. The van der Waals surface area contributed by atoms with E-state index in [0.29, 0.717) is 18.1 Å². The summed E-state index contributed by atoms with van der Waals surface area (Å²) in [6.07, 6.45) is 2.55. The summed E-state index contributed by atoms with van der Waals surface area (Å²) < 4.78 is 16.7. The van der Waals surface area contributed by atoms with Gasteiger partial charge in [-0.1, -0.05) is 42.5 Å². The molecule has 0 radical (unpaired) electrons. The van der Waals surface area contributed by atoms with E-state index >= 15 is 0 Å². The zero-order valence-corrected chi connectivity index (χ0v) is 13.1. The van der Waals surface area contributed by atoms with Gasteiger partial charge in [0, 0.05) is 0 Å². The SMILES string of the molecule is C=CCC(OCc1ccccc1)c1ccc(OC)c(OC)c1. The van der Waals surface area contributed by atoms with Gasteiger partial charge in [-0.15, -0.1) is 6.58 Å². The van der Waals surface area contributed by atoms with Crippen molar-refractivity contribution in [1.29, 1.82) is 0 Å². The summed E-state index contributed by atoms with van der Waals surface area (Å²) in [7, 11) is 3.26. The van der Waals surface area contributed by atoms with Gasteiger partial charge in [0.2, 0.25) is 0 Å². The zero-order valence-electron chi connectivity index (χ0n) is 13.1. The molecule has 0 fully saturated rings. The van der Waals surface area contributed by atoms with Gasteiger partial charge in [0.15, 0.2) is 11.5 Å². The molecule has 22 heavy (non-hydrogen) atoms. The molecule has 0 aliphatic carbocycles. The van der Waals surface area contributed by atoms with Crippen LogP contribution in [0.4, 0.5) is 0 Å². The van der Waals surface area contributed by atoms with Gasteiger partial charge in [-0.25, -0.2) is 0 Å². The molecule has 1 atom stereocenters. The van der Waals surface area contributed by atoms with Gasteiger partial charge < -0.3 is 14.2 Å². The van der Waals surface area contributed by atoms with Gasteiger partial charge in [-0.05, 0) is 29.7 Å². The lowest BCUT2D eigenvalue weighted by molar-refractivity contribution is 0.0416. The monoisotopic (exact) mass is 298 g/mol. The second-order valence-corrected chi connectivity index (χ2v) is 4.92. The van der Waals surface area contributed by atoms with Crippen LogP contribution in [0, 0.1) is 0 Å². The number of rotatable bonds is 8. The number of ether oxygens (including phenoxy) is 3. The fourth-order valence-corrected chi connectivity index (χ4v) is 2.28. The first kappa shape index (κ1) is 16.1. The highest BCUT2D eigenvalue weighted by Gasteiger charge is 2.14. The van der Waals surface area contributed by atoms with E-state index in [4.69, 9.17) is 14.2 Å². The first-order chi connectivity index (χ1) is 10.8. The van der Waals surface area contributed by atoms with Gasteiger partial charge in [-0.3, -0.25) is 0 Å². The van der Waals surface area contributed by atoms with E-state index in [9.17, 15) is 0 Å². The minimum Gasteiger partial charge on any atom is -0.493 e. The van der Waals surface area contributed by atoms with Crippen LogP contribution in [0.3, 0.4) is 0 Å². The fourth-order valence-electron chi connectivity index (χ4n) is 2.28. The average Bonchev–Trinajstić information content (AvgIpc) is 2.59. The van der Waals surface area contributed by atoms with Gasteiger partial charge in [0.1, 0.15) is 0 Å². The van der Waals surface area contributed by atoms with Crippen molar-refractivity contribution >= 4 is 0 Å². The first-order valence-electron chi connectivity index (χ1n) is 7.26. The molecule has 2 rings (SSSR count). The molecule has 1 unspecified atom stereocenters. The van der Waals surface area contributed by atoms with Crippen LogP contribution in [0.5, 0.6) is 11.5 Å². The van der Waals surface area contributed by atoms with Gasteiger partial charge >= 0.3 is 0 Å². The lowest BCUT2D eigenvalue weighted by Gasteiger charge is -2.18. The molecule has 0 heterocycles. The van der Waals surface area contributed by atoms with Crippen molar-refractivity contribution in [2.24, 2.45) is 0 Å². The molecule has 116 valence electrons. The summed E-state index contributed by atoms with van der Waals surface area (Å²) >= 11 is 0. The Labute approximate surface area is 132 Å². The maximum absolute atomic E-state index is 6.06. The summed E-state index contributed by atoms with van der Waals surface area (Å²) in [6, 6.07) is 16.0. The third-order valence-electron chi connectivity index (χ3n) is 3.45. The number of methoxy groups -OCH3 is 2. The highest BCUT2D eigenvalue weighted by atomic mass is 16.5. The predicted molar refractivity (Wildman–Crippen MR) is 88.3 cm³/mol. The molecule has 0 bridgehead atoms. The Morgan fingerprint density at radius 2 is 1.73 bits per heavy atom. The minimum atomic E-state index is -0.0579. The van der Waals surface area contributed by atoms with E-state index < -0.39 is 0 Å². The number of hydrogen-bond acceptors (Lipinski definition) is 3. The van der Waals surface area contributed by atoms with Crippen LogP contribution in [0.25, 0.3) is 0 Å². The maximum atomic E-state index is 6.06. The number of benzene rings is 2. The summed E-state index contributed by atoms with van der Waals surface area (Å²) in [5.74, 6) is 1.42. The molecule has 0 spiro atoms. The van der Waals surface area contributed by atoms with Crippen molar-refractivity contribution in [2.45, 2.75) is 19.1 Å². The van der Waals surface area contributed by atoms with Gasteiger partial charge in [-0.2, -0.15) is 0 Å². The topological polar surface area (TPSA) is 27.7 Å². The van der Waals surface area contributed by atoms with Crippen LogP contribution in [0.15, 0.2) is 61.2 Å². The van der Waals surface area contributed by atoms with Crippen molar-refractivity contribution in [3.8, 4) is 11.5 Å². The average molecular weight is 298 g/mol. The quantitative estimate of drug-likeness (QED) is 0.670. The lowest BCUT2D eigenvalue weighted by atomic mass is 10.1. The summed E-state index contributed by atoms with van der Waals surface area (Å²) in [4.78, 5) is 0. The van der Waals surface area contributed by atoms with Crippen molar-refractivity contribution in [1.82, 2.24) is 0 Å². The first-order valence-corrected chi connectivity index (χ1v) is 7.26. The smallest absolute Gasteiger partial charge is 0.161 e. The van der Waals surface area contributed by atoms with E-state index in [2.05, 4.69) is 18.7 Å². The molecule has 2 aromatic rings. The molecule has 3 nitrogen and oxygen atoms in total. The molecule has 0 saturated heterocycles. The van der Waals surface area contributed by atoms with Gasteiger partial charge in [0.25, 0.3) is 0 Å². The molecule has 3 heteroatoms. The Bertz CT molecular complexity index is 593. The molecule has 0 aliphatic rings. The van der Waals surface area contributed by atoms with Crippen molar-refractivity contribution in [2.75, 3.05) is 14.2 Å². The van der Waals surface area contributed by atoms with Crippen molar-refractivity contribution in [3.05, 3.63) is 72.3 Å². The third kappa shape index (κ3) is 4.12. The van der Waals surface area contributed by atoms with E-state index in [0.717, 1.165) is 17.5 Å². The Balaban J connectivity index is 2.14. The van der Waals surface area contributed by atoms with Crippen molar-refractivity contribution in [3.63, 3.8) is 0 Å². The van der Waals surface area contributed by atoms with Crippen LogP contribution in [0.2, 0.25) is 0 Å². The Morgan fingerprint density at radius 1 is 1.00 bits per heavy atom. The Morgan fingerprint density at radius 3 is 2.36 bits per heavy atom. The molecule has 0 aromatic heterocycles. The zero-order chi connectivity index (χ0) is 15.8. The lowest BCUT2D eigenvalue weighted by Crippen LogP contribution is -2.04. The second kappa shape index (κ2) is 8.25. The second-order valence-electron chi connectivity index (χ2n) is 4.92. The highest BCUT2D eigenvalue weighted by molar-refractivity contribution is 5.43. The molecule has 0 saturated carbocycles. The van der Waals surface area contributed by atoms with E-state index in [1.54, 1.807) is 14.2 Å². The normalized spacial score (nSPS) is 11.7. The Hall–Kier alpha value is -2.26. The largest absolute Gasteiger partial charge is 0.493 e. The van der Waals surface area contributed by atoms with E-state index in [1.165, 1.54) is 0 Å². The standard InChI is InChI=1S/C19H22O3/c1-4-8-17(22-14-15-9-6-5-7-10-15)16-11-12-18(20-2)19(13-16)21-3/h4-7,9-13,17H,1,8,14H2,2-3H3. The third-order valence-corrected chi connectivity index (χ3v) is 3.45. The molecular formula is C19H22O3. The summed E-state index contributed by atoms with van der Waals surface area (Å²) in [5.41, 5.74) is 2.20. The summed E-state index contributed by atoms with van der Waals surface area (Å²) in [5, 5.41) is 0. The molecule has 0 N–H and O–H groups in total. The van der Waals surface area contributed by atoms with Crippen molar-refractivity contribution < 1.29 is 14.2 Å². The van der Waals surface area contributed by atoms with Crippen LogP contribution < -0.4 is 9.47 Å². The van der Waals surface area contributed by atoms with Crippen LogP contribution >= 0.6 is 0 Å². The van der Waals surface area contributed by atoms with E-state index in [-0.39, 0.29) is 6.10 Å². The molecular weight excluding hydrogens is 276 g/mol. The summed E-state index contributed by atoms with van der Waals surface area (Å²) in [6.45, 7) is 4.38. The van der Waals surface area contributed by atoms with Crippen LogP contribution in [-0.2, 0) is 11.3 Å². The van der Waals surface area contributed by atoms with Gasteiger partial charge in [0.05, 0.1) is 26.9 Å². The minimum absolute atomic E-state index is 0.0579. The highest BCUT2D eigenvalue weighted by Crippen LogP contribution is 2.32. The van der Waals surface area contributed by atoms with Crippen LogP contribution in [0.1, 0.15) is 23.7 Å². The molecule has 0 aliphatic heterocycles. The van der Waals surface area contributed by atoms with Crippen LogP contribution in [-0.4, -0.2) is 14.2 Å². The molecule has 0 amide bonds. The van der Waals surface area contributed by atoms with E-state index in [1.807, 2.05) is 42.5 Å². The maximum Gasteiger partial charge on any atom is 0.161 e. The fraction of sp³-hybridized carbons (Fsp3) is 0.263. The molecule has 2 aromatic carbocycles. The Kier molecular flexibility index (Phi) is 6.04. The predicted octanol–water partition coefficient (Wildman–Crippen LogP) is 4.54.